The molecule has 1 aromatic rings. The van der Waals surface area contributed by atoms with Crippen molar-refractivity contribution >= 4 is 24.3 Å². The highest BCUT2D eigenvalue weighted by molar-refractivity contribution is 5.93. The molecular formula is C26H41ClN2O4. The fourth-order valence-corrected chi connectivity index (χ4v) is 4.46. The molecule has 0 spiro atoms. The van der Waals surface area contributed by atoms with Gasteiger partial charge in [-0.2, -0.15) is 0 Å². The number of hydrogen-bond donors (Lipinski definition) is 0. The summed E-state index contributed by atoms with van der Waals surface area (Å²) in [7, 11) is 0. The number of halogens is 1. The van der Waals surface area contributed by atoms with Crippen LogP contribution in [0.25, 0.3) is 0 Å². The van der Waals surface area contributed by atoms with E-state index in [2.05, 4.69) is 9.80 Å². The van der Waals surface area contributed by atoms with Crippen LogP contribution in [-0.2, 0) is 9.47 Å². The predicted octanol–water partition coefficient (Wildman–Crippen LogP) is 4.95. The Morgan fingerprint density at radius 3 is 1.36 bits per heavy atom. The van der Waals surface area contributed by atoms with Crippen molar-refractivity contribution in [2.24, 2.45) is 0 Å². The van der Waals surface area contributed by atoms with E-state index >= 15 is 0 Å². The molecule has 0 radical (unpaired) electrons. The number of carbonyl (C=O) groups excluding carboxylic acids is 2. The van der Waals surface area contributed by atoms with Crippen molar-refractivity contribution in [2.75, 3.05) is 39.3 Å². The van der Waals surface area contributed by atoms with E-state index in [-0.39, 0.29) is 36.6 Å². The number of benzene rings is 1. The summed E-state index contributed by atoms with van der Waals surface area (Å²) in [5.74, 6) is -0.683. The van der Waals surface area contributed by atoms with Crippen molar-refractivity contribution in [3.05, 3.63) is 35.4 Å². The van der Waals surface area contributed by atoms with Crippen molar-refractivity contribution in [1.29, 1.82) is 0 Å². The molecule has 7 heteroatoms. The summed E-state index contributed by atoms with van der Waals surface area (Å²) in [5, 5.41) is 0. The van der Waals surface area contributed by atoms with E-state index in [4.69, 9.17) is 9.47 Å². The van der Waals surface area contributed by atoms with Crippen LogP contribution in [0.2, 0.25) is 0 Å². The first kappa shape index (κ1) is 27.6. The molecule has 2 heterocycles. The zero-order chi connectivity index (χ0) is 22.8. The molecule has 2 atom stereocenters. The Hall–Kier alpha value is -1.63. The van der Waals surface area contributed by atoms with Crippen LogP contribution in [0.1, 0.15) is 85.9 Å². The van der Waals surface area contributed by atoms with E-state index in [0.717, 1.165) is 52.1 Å². The molecule has 0 bridgehead atoms. The largest absolute Gasteiger partial charge is 0.459 e. The van der Waals surface area contributed by atoms with Gasteiger partial charge in [0, 0.05) is 13.1 Å². The molecule has 2 saturated heterocycles. The van der Waals surface area contributed by atoms with Gasteiger partial charge in [0.25, 0.3) is 0 Å². The van der Waals surface area contributed by atoms with E-state index < -0.39 is 0 Å². The standard InChI is InChI=1S/C26H40N2O4.ClH/c1-21(13-19-27-15-5-3-6-16-27)31-25(29)23-9-11-24(12-10-23)26(30)32-22(2)14-20-28-17-7-4-8-18-28;/h9-12,21-22H,3-8,13-20H2,1-2H3;1H. The molecule has 2 unspecified atom stereocenters. The number of esters is 2. The second-order valence-electron chi connectivity index (χ2n) is 9.39. The summed E-state index contributed by atoms with van der Waals surface area (Å²) in [5.41, 5.74) is 0.925. The van der Waals surface area contributed by atoms with Gasteiger partial charge in [-0.15, -0.1) is 12.4 Å². The van der Waals surface area contributed by atoms with Gasteiger partial charge in [0.05, 0.1) is 11.1 Å². The molecule has 0 aromatic heterocycles. The monoisotopic (exact) mass is 480 g/mol. The highest BCUT2D eigenvalue weighted by Crippen LogP contribution is 2.14. The van der Waals surface area contributed by atoms with E-state index in [1.165, 1.54) is 38.5 Å². The lowest BCUT2D eigenvalue weighted by Crippen LogP contribution is -2.32. The minimum absolute atomic E-state index is 0. The van der Waals surface area contributed by atoms with E-state index in [1.807, 2.05) is 13.8 Å². The van der Waals surface area contributed by atoms with Crippen LogP contribution in [0.15, 0.2) is 24.3 Å². The number of hydrogen-bond acceptors (Lipinski definition) is 6. The van der Waals surface area contributed by atoms with Gasteiger partial charge in [-0.3, -0.25) is 0 Å². The maximum absolute atomic E-state index is 12.4. The molecule has 0 N–H and O–H groups in total. The zero-order valence-electron chi connectivity index (χ0n) is 20.3. The Kier molecular flexibility index (Phi) is 12.2. The number of nitrogens with zero attached hydrogens (tertiary/aromatic N) is 2. The molecule has 0 amide bonds. The minimum Gasteiger partial charge on any atom is -0.459 e. The van der Waals surface area contributed by atoms with Gasteiger partial charge in [-0.25, -0.2) is 9.59 Å². The molecule has 2 aliphatic heterocycles. The Balaban J connectivity index is 0.00000385. The Morgan fingerprint density at radius 1 is 0.697 bits per heavy atom. The first-order valence-electron chi connectivity index (χ1n) is 12.5. The van der Waals surface area contributed by atoms with Gasteiger partial charge < -0.3 is 19.3 Å². The molecule has 1 aromatic carbocycles. The van der Waals surface area contributed by atoms with Crippen molar-refractivity contribution in [3.63, 3.8) is 0 Å². The third-order valence-electron chi connectivity index (χ3n) is 6.57. The molecular weight excluding hydrogens is 440 g/mol. The van der Waals surface area contributed by atoms with Crippen molar-refractivity contribution in [2.45, 2.75) is 77.4 Å². The third-order valence-corrected chi connectivity index (χ3v) is 6.57. The normalized spacial score (nSPS) is 19.2. The highest BCUT2D eigenvalue weighted by atomic mass is 35.5. The summed E-state index contributed by atoms with van der Waals surface area (Å²) in [6, 6.07) is 6.59. The number of carbonyl (C=O) groups is 2. The first-order chi connectivity index (χ1) is 15.5. The fourth-order valence-electron chi connectivity index (χ4n) is 4.46. The molecule has 186 valence electrons. The van der Waals surface area contributed by atoms with Crippen molar-refractivity contribution in [1.82, 2.24) is 9.80 Å². The van der Waals surface area contributed by atoms with Crippen LogP contribution in [0.3, 0.4) is 0 Å². The number of piperidine rings is 2. The van der Waals surface area contributed by atoms with Crippen LogP contribution < -0.4 is 0 Å². The lowest BCUT2D eigenvalue weighted by Gasteiger charge is -2.27. The molecule has 0 aliphatic carbocycles. The maximum atomic E-state index is 12.4. The topological polar surface area (TPSA) is 59.1 Å². The van der Waals surface area contributed by atoms with Crippen LogP contribution in [0.4, 0.5) is 0 Å². The smallest absolute Gasteiger partial charge is 0.338 e. The van der Waals surface area contributed by atoms with E-state index in [1.54, 1.807) is 24.3 Å². The van der Waals surface area contributed by atoms with Crippen LogP contribution in [0.5, 0.6) is 0 Å². The molecule has 6 nitrogen and oxygen atoms in total. The van der Waals surface area contributed by atoms with Crippen molar-refractivity contribution in [3.8, 4) is 0 Å². The molecule has 2 aliphatic rings. The highest BCUT2D eigenvalue weighted by Gasteiger charge is 2.18. The fraction of sp³-hybridized carbons (Fsp3) is 0.692. The average Bonchev–Trinajstić information content (AvgIpc) is 2.83. The zero-order valence-corrected chi connectivity index (χ0v) is 21.1. The molecule has 2 fully saturated rings. The Labute approximate surface area is 205 Å². The molecule has 0 saturated carbocycles. The maximum Gasteiger partial charge on any atom is 0.338 e. The minimum atomic E-state index is -0.342. The van der Waals surface area contributed by atoms with Gasteiger partial charge >= 0.3 is 11.9 Å². The quantitative estimate of drug-likeness (QED) is 0.441. The van der Waals surface area contributed by atoms with Gasteiger partial charge in [0.15, 0.2) is 0 Å². The number of ether oxygens (including phenoxy) is 2. The number of likely N-dealkylation sites (tertiary alicyclic amines) is 2. The second-order valence-corrected chi connectivity index (χ2v) is 9.39. The SMILES string of the molecule is CC(CCN1CCCCC1)OC(=O)c1ccc(C(=O)OC(C)CCN2CCCCC2)cc1.Cl. The lowest BCUT2D eigenvalue weighted by atomic mass is 10.1. The molecule has 33 heavy (non-hydrogen) atoms. The number of rotatable bonds is 10. The van der Waals surface area contributed by atoms with E-state index in [9.17, 15) is 9.59 Å². The van der Waals surface area contributed by atoms with Crippen LogP contribution in [-0.4, -0.2) is 73.2 Å². The summed E-state index contributed by atoms with van der Waals surface area (Å²) in [6.45, 7) is 10.4. The second kappa shape index (κ2) is 14.6. The summed E-state index contributed by atoms with van der Waals surface area (Å²) in [6.07, 6.45) is 9.12. The average molecular weight is 481 g/mol. The van der Waals surface area contributed by atoms with Crippen LogP contribution >= 0.6 is 12.4 Å². The third kappa shape index (κ3) is 9.63. The lowest BCUT2D eigenvalue weighted by molar-refractivity contribution is 0.0282. The van der Waals surface area contributed by atoms with Crippen molar-refractivity contribution < 1.29 is 19.1 Å². The van der Waals surface area contributed by atoms with Gasteiger partial charge in [-0.05, 0) is 103 Å². The Morgan fingerprint density at radius 2 is 1.03 bits per heavy atom. The summed E-state index contributed by atoms with van der Waals surface area (Å²) in [4.78, 5) is 29.8. The van der Waals surface area contributed by atoms with E-state index in [0.29, 0.717) is 11.1 Å². The predicted molar refractivity (Wildman–Crippen MR) is 133 cm³/mol. The van der Waals surface area contributed by atoms with Gasteiger partial charge in [0.1, 0.15) is 12.2 Å². The summed E-state index contributed by atoms with van der Waals surface area (Å²) < 4.78 is 11.2. The van der Waals surface area contributed by atoms with Gasteiger partial charge in [0.2, 0.25) is 0 Å². The van der Waals surface area contributed by atoms with Gasteiger partial charge in [-0.1, -0.05) is 12.8 Å². The summed E-state index contributed by atoms with van der Waals surface area (Å²) >= 11 is 0. The molecule has 3 rings (SSSR count). The Bertz CT molecular complexity index is 655. The first-order valence-corrected chi connectivity index (χ1v) is 12.5. The van der Waals surface area contributed by atoms with Crippen LogP contribution in [0, 0.1) is 0 Å².